The number of ether oxygens (including phenoxy) is 1. The quantitative estimate of drug-likeness (QED) is 0.871. The maximum absolute atomic E-state index is 12.0. The minimum absolute atomic E-state index is 0.209. The molecular weight excluding hydrogens is 270 g/mol. The molecule has 3 rings (SSSR count). The van der Waals surface area contributed by atoms with Gasteiger partial charge in [-0.2, -0.15) is 0 Å². The lowest BCUT2D eigenvalue weighted by molar-refractivity contribution is -0.139. The van der Waals surface area contributed by atoms with Gasteiger partial charge in [0, 0.05) is 12.8 Å². The van der Waals surface area contributed by atoms with Crippen LogP contribution in [0, 0.1) is 0 Å². The Labute approximate surface area is 121 Å². The van der Waals surface area contributed by atoms with Gasteiger partial charge in [0.15, 0.2) is 5.76 Å². The van der Waals surface area contributed by atoms with Crippen molar-refractivity contribution in [2.75, 3.05) is 6.61 Å². The minimum atomic E-state index is -0.569. The van der Waals surface area contributed by atoms with E-state index in [9.17, 15) is 9.59 Å². The van der Waals surface area contributed by atoms with E-state index in [-0.39, 0.29) is 11.7 Å². The first kappa shape index (κ1) is 13.4. The summed E-state index contributed by atoms with van der Waals surface area (Å²) < 4.78 is 10.3. The molecule has 5 heteroatoms. The number of carbonyl (C=O) groups excluding carboxylic acids is 2. The van der Waals surface area contributed by atoms with Crippen molar-refractivity contribution >= 4 is 11.9 Å². The fourth-order valence-electron chi connectivity index (χ4n) is 2.25. The number of carbonyl (C=O) groups is 2. The van der Waals surface area contributed by atoms with Gasteiger partial charge in [0.25, 0.3) is 5.91 Å². The van der Waals surface area contributed by atoms with Crippen LogP contribution in [0.2, 0.25) is 0 Å². The van der Waals surface area contributed by atoms with Crippen molar-refractivity contribution in [2.45, 2.75) is 18.9 Å². The zero-order chi connectivity index (χ0) is 14.7. The van der Waals surface area contributed by atoms with Crippen molar-refractivity contribution in [3.63, 3.8) is 0 Å². The van der Waals surface area contributed by atoms with Gasteiger partial charge in [-0.3, -0.25) is 4.79 Å². The van der Waals surface area contributed by atoms with Gasteiger partial charge in [-0.05, 0) is 17.7 Å². The van der Waals surface area contributed by atoms with E-state index in [4.69, 9.17) is 9.15 Å². The van der Waals surface area contributed by atoms with Crippen molar-refractivity contribution in [3.05, 3.63) is 59.5 Å². The Balaban J connectivity index is 1.64. The molecule has 2 aromatic rings. The summed E-state index contributed by atoms with van der Waals surface area (Å²) in [5.74, 6) is 0.138. The van der Waals surface area contributed by atoms with E-state index in [2.05, 4.69) is 5.32 Å². The Morgan fingerprint density at radius 1 is 1.19 bits per heavy atom. The van der Waals surface area contributed by atoms with Crippen molar-refractivity contribution in [3.8, 4) is 0 Å². The summed E-state index contributed by atoms with van der Waals surface area (Å²) in [5, 5.41) is 2.61. The Hall–Kier alpha value is -2.56. The van der Waals surface area contributed by atoms with E-state index in [0.29, 0.717) is 25.2 Å². The zero-order valence-electron chi connectivity index (χ0n) is 11.4. The summed E-state index contributed by atoms with van der Waals surface area (Å²) in [5.41, 5.74) is 1.11. The highest BCUT2D eigenvalue weighted by Gasteiger charge is 2.29. The lowest BCUT2D eigenvalue weighted by Gasteiger charge is -2.06. The number of amides is 1. The van der Waals surface area contributed by atoms with E-state index in [1.165, 1.54) is 0 Å². The summed E-state index contributed by atoms with van der Waals surface area (Å²) in [6.45, 7) is 0.348. The topological polar surface area (TPSA) is 68.5 Å². The smallest absolute Gasteiger partial charge is 0.328 e. The highest BCUT2D eigenvalue weighted by molar-refractivity contribution is 5.94. The first-order valence-electron chi connectivity index (χ1n) is 6.82. The van der Waals surface area contributed by atoms with Crippen LogP contribution < -0.4 is 5.32 Å². The van der Waals surface area contributed by atoms with Gasteiger partial charge >= 0.3 is 5.97 Å². The first-order chi connectivity index (χ1) is 10.2. The predicted octanol–water partition coefficient (Wildman–Crippen LogP) is 1.92. The molecule has 0 bridgehead atoms. The van der Waals surface area contributed by atoms with Crippen molar-refractivity contribution in [1.82, 2.24) is 5.32 Å². The molecule has 1 unspecified atom stereocenters. The summed E-state index contributed by atoms with van der Waals surface area (Å²) >= 11 is 0. The second kappa shape index (κ2) is 5.83. The molecule has 5 nitrogen and oxygen atoms in total. The predicted molar refractivity (Wildman–Crippen MR) is 74.8 cm³/mol. The Kier molecular flexibility index (Phi) is 3.73. The SMILES string of the molecule is O=C(NC1CCOC1=O)c1ccc(Cc2ccccc2)o1. The number of nitrogens with one attached hydrogen (secondary N) is 1. The van der Waals surface area contributed by atoms with Crippen LogP contribution in [-0.2, 0) is 16.0 Å². The first-order valence-corrected chi connectivity index (χ1v) is 6.82. The molecule has 1 aromatic heterocycles. The number of benzene rings is 1. The third kappa shape index (κ3) is 3.13. The number of hydrogen-bond donors (Lipinski definition) is 1. The molecule has 1 aliphatic heterocycles. The van der Waals surface area contributed by atoms with E-state index in [0.717, 1.165) is 5.56 Å². The monoisotopic (exact) mass is 285 g/mol. The van der Waals surface area contributed by atoms with Crippen LogP contribution in [0.1, 0.15) is 28.3 Å². The summed E-state index contributed by atoms with van der Waals surface area (Å²) in [6, 6.07) is 12.7. The third-order valence-electron chi connectivity index (χ3n) is 3.35. The van der Waals surface area contributed by atoms with Gasteiger partial charge in [-0.15, -0.1) is 0 Å². The molecule has 1 aliphatic rings. The molecule has 0 aliphatic carbocycles. The zero-order valence-corrected chi connectivity index (χ0v) is 11.4. The van der Waals surface area contributed by atoms with Crippen LogP contribution >= 0.6 is 0 Å². The van der Waals surface area contributed by atoms with Gasteiger partial charge in [-0.25, -0.2) is 4.79 Å². The molecule has 1 saturated heterocycles. The lowest BCUT2D eigenvalue weighted by Crippen LogP contribution is -2.37. The van der Waals surface area contributed by atoms with Crippen LogP contribution in [-0.4, -0.2) is 24.5 Å². The fraction of sp³-hybridized carbons (Fsp3) is 0.250. The van der Waals surface area contributed by atoms with Crippen molar-refractivity contribution in [1.29, 1.82) is 0 Å². The van der Waals surface area contributed by atoms with E-state index < -0.39 is 11.9 Å². The lowest BCUT2D eigenvalue weighted by atomic mass is 10.1. The van der Waals surface area contributed by atoms with Gasteiger partial charge in [-0.1, -0.05) is 30.3 Å². The molecule has 1 fully saturated rings. The molecule has 1 amide bonds. The van der Waals surface area contributed by atoms with Crippen LogP contribution in [0.25, 0.3) is 0 Å². The fourth-order valence-corrected chi connectivity index (χ4v) is 2.25. The van der Waals surface area contributed by atoms with Crippen molar-refractivity contribution < 1.29 is 18.7 Å². The number of cyclic esters (lactones) is 1. The summed E-state index contributed by atoms with van der Waals surface area (Å²) in [4.78, 5) is 23.3. The third-order valence-corrected chi connectivity index (χ3v) is 3.35. The maximum Gasteiger partial charge on any atom is 0.328 e. The van der Waals surface area contributed by atoms with Crippen LogP contribution in [0.15, 0.2) is 46.9 Å². The van der Waals surface area contributed by atoms with Crippen LogP contribution in [0.4, 0.5) is 0 Å². The standard InChI is InChI=1S/C16H15NO4/c18-15(17-13-8-9-20-16(13)19)14-7-6-12(21-14)10-11-4-2-1-3-5-11/h1-7,13H,8-10H2,(H,17,18). The molecule has 108 valence electrons. The van der Waals surface area contributed by atoms with Gasteiger partial charge in [0.1, 0.15) is 11.8 Å². The van der Waals surface area contributed by atoms with Gasteiger partial charge in [0.05, 0.1) is 6.61 Å². The molecule has 1 N–H and O–H groups in total. The molecule has 2 heterocycles. The number of furan rings is 1. The Morgan fingerprint density at radius 3 is 2.71 bits per heavy atom. The van der Waals surface area contributed by atoms with Crippen LogP contribution in [0.3, 0.4) is 0 Å². The average Bonchev–Trinajstić information content (AvgIpc) is 3.10. The van der Waals surface area contributed by atoms with E-state index in [1.807, 2.05) is 30.3 Å². The van der Waals surface area contributed by atoms with E-state index >= 15 is 0 Å². The molecule has 0 saturated carbocycles. The highest BCUT2D eigenvalue weighted by Crippen LogP contribution is 2.14. The molecule has 0 spiro atoms. The second-order valence-corrected chi connectivity index (χ2v) is 4.91. The normalized spacial score (nSPS) is 17.5. The molecular formula is C16H15NO4. The summed E-state index contributed by atoms with van der Waals surface area (Å²) in [7, 11) is 0. The molecule has 0 radical (unpaired) electrons. The number of esters is 1. The average molecular weight is 285 g/mol. The van der Waals surface area contributed by atoms with E-state index in [1.54, 1.807) is 12.1 Å². The van der Waals surface area contributed by atoms with Gasteiger partial charge < -0.3 is 14.5 Å². The molecule has 1 atom stereocenters. The highest BCUT2D eigenvalue weighted by atomic mass is 16.5. The largest absolute Gasteiger partial charge is 0.464 e. The van der Waals surface area contributed by atoms with Crippen LogP contribution in [0.5, 0.6) is 0 Å². The Bertz CT molecular complexity index is 647. The Morgan fingerprint density at radius 2 is 2.00 bits per heavy atom. The number of rotatable bonds is 4. The molecule has 1 aromatic carbocycles. The number of hydrogen-bond acceptors (Lipinski definition) is 4. The minimum Gasteiger partial charge on any atom is -0.464 e. The summed E-state index contributed by atoms with van der Waals surface area (Å²) in [6.07, 6.45) is 1.13. The van der Waals surface area contributed by atoms with Crippen molar-refractivity contribution in [2.24, 2.45) is 0 Å². The molecule has 21 heavy (non-hydrogen) atoms. The second-order valence-electron chi connectivity index (χ2n) is 4.91. The maximum atomic E-state index is 12.0. The van der Waals surface area contributed by atoms with Gasteiger partial charge in [0.2, 0.25) is 0 Å².